The van der Waals surface area contributed by atoms with Crippen molar-refractivity contribution in [3.05, 3.63) is 26.9 Å². The molecule has 3 nitrogen and oxygen atoms in total. The second-order valence-electron chi connectivity index (χ2n) is 2.12. The standard InChI is InChI=1S/C6H2ClFIN3/c7-3-1-2-12-6(10-3)4(9)5(8)11-12/h1-2H. The SMILES string of the molecule is Fc1nn2ccc(Cl)nc2c1I. The molecule has 0 bridgehead atoms. The van der Waals surface area contributed by atoms with E-state index >= 15 is 0 Å². The molecule has 0 aromatic carbocycles. The number of hydrogen-bond donors (Lipinski definition) is 0. The number of rotatable bonds is 0. The predicted octanol–water partition coefficient (Wildman–Crippen LogP) is 2.13. The van der Waals surface area contributed by atoms with Crippen molar-refractivity contribution in [2.75, 3.05) is 0 Å². The summed E-state index contributed by atoms with van der Waals surface area (Å²) in [5, 5.41) is 3.91. The van der Waals surface area contributed by atoms with Crippen LogP contribution in [0, 0.1) is 9.52 Å². The molecule has 2 rings (SSSR count). The summed E-state index contributed by atoms with van der Waals surface area (Å²) >= 11 is 7.46. The Morgan fingerprint density at radius 1 is 1.58 bits per heavy atom. The van der Waals surface area contributed by atoms with E-state index < -0.39 is 5.95 Å². The van der Waals surface area contributed by atoms with Crippen molar-refractivity contribution in [1.82, 2.24) is 14.6 Å². The second kappa shape index (κ2) is 2.81. The lowest BCUT2D eigenvalue weighted by atomic mass is 10.6. The molecule has 2 heterocycles. The lowest BCUT2D eigenvalue weighted by molar-refractivity contribution is 0.565. The van der Waals surface area contributed by atoms with Crippen LogP contribution in [0.3, 0.4) is 0 Å². The molecule has 0 radical (unpaired) electrons. The van der Waals surface area contributed by atoms with Crippen molar-refractivity contribution in [3.8, 4) is 0 Å². The van der Waals surface area contributed by atoms with E-state index in [2.05, 4.69) is 10.1 Å². The van der Waals surface area contributed by atoms with Gasteiger partial charge in [-0.2, -0.15) is 4.39 Å². The second-order valence-corrected chi connectivity index (χ2v) is 3.59. The average Bonchev–Trinajstić information content (AvgIpc) is 2.31. The fourth-order valence-electron chi connectivity index (χ4n) is 0.853. The zero-order valence-corrected chi connectivity index (χ0v) is 8.54. The van der Waals surface area contributed by atoms with E-state index in [1.807, 2.05) is 22.6 Å². The van der Waals surface area contributed by atoms with Crippen molar-refractivity contribution in [2.45, 2.75) is 0 Å². The summed E-state index contributed by atoms with van der Waals surface area (Å²) in [4.78, 5) is 3.91. The number of aromatic nitrogens is 3. The van der Waals surface area contributed by atoms with Crippen LogP contribution in [0.4, 0.5) is 4.39 Å². The molecule has 0 aliphatic heterocycles. The highest BCUT2D eigenvalue weighted by Gasteiger charge is 2.10. The quantitative estimate of drug-likeness (QED) is 0.551. The fraction of sp³-hybridized carbons (Fsp3) is 0. The highest BCUT2D eigenvalue weighted by Crippen LogP contribution is 2.16. The minimum absolute atomic E-state index is 0.334. The van der Waals surface area contributed by atoms with Crippen LogP contribution in [0.15, 0.2) is 12.3 Å². The Bertz CT molecular complexity index is 442. The van der Waals surface area contributed by atoms with Crippen molar-refractivity contribution >= 4 is 39.8 Å². The van der Waals surface area contributed by atoms with Crippen LogP contribution in [0.2, 0.25) is 5.15 Å². The minimum Gasteiger partial charge on any atom is -0.218 e. The summed E-state index contributed by atoms with van der Waals surface area (Å²) in [7, 11) is 0. The monoisotopic (exact) mass is 297 g/mol. The van der Waals surface area contributed by atoms with E-state index in [1.165, 1.54) is 4.52 Å². The Hall–Kier alpha value is -0.430. The van der Waals surface area contributed by atoms with Crippen LogP contribution < -0.4 is 0 Å². The molecule has 0 saturated heterocycles. The first-order valence-corrected chi connectivity index (χ1v) is 4.50. The average molecular weight is 297 g/mol. The van der Waals surface area contributed by atoms with Crippen LogP contribution in [0.25, 0.3) is 5.65 Å². The van der Waals surface area contributed by atoms with Crippen molar-refractivity contribution < 1.29 is 4.39 Å². The summed E-state index contributed by atoms with van der Waals surface area (Å²) in [5.74, 6) is -0.523. The van der Waals surface area contributed by atoms with Gasteiger partial charge in [-0.25, -0.2) is 9.50 Å². The van der Waals surface area contributed by atoms with Crippen LogP contribution in [0.1, 0.15) is 0 Å². The molecule has 2 aromatic rings. The molecule has 0 aliphatic rings. The van der Waals surface area contributed by atoms with Gasteiger partial charge in [0.15, 0.2) is 5.65 Å². The Labute approximate surface area is 85.7 Å². The van der Waals surface area contributed by atoms with Crippen LogP contribution in [-0.2, 0) is 0 Å². The molecule has 0 amide bonds. The van der Waals surface area contributed by atoms with Crippen molar-refractivity contribution in [3.63, 3.8) is 0 Å². The van der Waals surface area contributed by atoms with Gasteiger partial charge >= 0.3 is 0 Å². The largest absolute Gasteiger partial charge is 0.248 e. The van der Waals surface area contributed by atoms with Gasteiger partial charge in [-0.3, -0.25) is 0 Å². The number of hydrogen-bond acceptors (Lipinski definition) is 2. The van der Waals surface area contributed by atoms with Gasteiger partial charge in [-0.1, -0.05) is 11.6 Å². The van der Waals surface area contributed by atoms with Crippen LogP contribution >= 0.6 is 34.2 Å². The van der Waals surface area contributed by atoms with Crippen molar-refractivity contribution in [2.24, 2.45) is 0 Å². The molecule has 0 unspecified atom stereocenters. The van der Waals surface area contributed by atoms with Gasteiger partial charge in [-0.15, -0.1) is 5.10 Å². The molecule has 62 valence electrons. The third kappa shape index (κ3) is 1.16. The topological polar surface area (TPSA) is 30.2 Å². The maximum atomic E-state index is 12.8. The number of halogens is 3. The normalized spacial score (nSPS) is 10.9. The number of fused-ring (bicyclic) bond motifs is 1. The van der Waals surface area contributed by atoms with E-state index in [0.29, 0.717) is 14.4 Å². The summed E-state index contributed by atoms with van der Waals surface area (Å²) in [5.41, 5.74) is 0.445. The summed E-state index contributed by atoms with van der Waals surface area (Å²) < 4.78 is 14.6. The Morgan fingerprint density at radius 3 is 3.08 bits per heavy atom. The molecule has 0 aliphatic carbocycles. The maximum absolute atomic E-state index is 12.8. The number of nitrogens with zero attached hydrogens (tertiary/aromatic N) is 3. The zero-order valence-electron chi connectivity index (χ0n) is 5.63. The third-order valence-corrected chi connectivity index (χ3v) is 2.49. The van der Waals surface area contributed by atoms with E-state index in [4.69, 9.17) is 11.6 Å². The molecule has 0 spiro atoms. The van der Waals surface area contributed by atoms with Crippen LogP contribution in [0.5, 0.6) is 0 Å². The summed E-state index contributed by atoms with van der Waals surface area (Å²) in [6.07, 6.45) is 1.57. The molecule has 0 atom stereocenters. The molecular weight excluding hydrogens is 295 g/mol. The van der Waals surface area contributed by atoms with Crippen LogP contribution in [-0.4, -0.2) is 14.6 Å². The molecule has 0 saturated carbocycles. The van der Waals surface area contributed by atoms with Gasteiger partial charge in [0.1, 0.15) is 8.72 Å². The molecular formula is C6H2ClFIN3. The van der Waals surface area contributed by atoms with E-state index in [-0.39, 0.29) is 0 Å². The minimum atomic E-state index is -0.523. The van der Waals surface area contributed by atoms with Gasteiger partial charge in [0.05, 0.1) is 0 Å². The summed E-state index contributed by atoms with van der Waals surface area (Å²) in [6.45, 7) is 0. The van der Waals surface area contributed by atoms with Gasteiger partial charge in [-0.05, 0) is 28.7 Å². The van der Waals surface area contributed by atoms with Gasteiger partial charge < -0.3 is 0 Å². The van der Waals surface area contributed by atoms with Crippen molar-refractivity contribution in [1.29, 1.82) is 0 Å². The molecule has 6 heteroatoms. The Kier molecular flexibility index (Phi) is 1.91. The van der Waals surface area contributed by atoms with E-state index in [9.17, 15) is 4.39 Å². The first kappa shape index (κ1) is 8.18. The maximum Gasteiger partial charge on any atom is 0.248 e. The van der Waals surface area contributed by atoms with Gasteiger partial charge in [0, 0.05) is 6.20 Å². The molecule has 0 N–H and O–H groups in total. The first-order chi connectivity index (χ1) is 5.68. The van der Waals surface area contributed by atoms with E-state index in [0.717, 1.165) is 0 Å². The van der Waals surface area contributed by atoms with E-state index in [1.54, 1.807) is 12.3 Å². The first-order valence-electron chi connectivity index (χ1n) is 3.04. The summed E-state index contributed by atoms with van der Waals surface area (Å²) in [6, 6.07) is 1.55. The Morgan fingerprint density at radius 2 is 2.33 bits per heavy atom. The van der Waals surface area contributed by atoms with Gasteiger partial charge in [0.25, 0.3) is 0 Å². The smallest absolute Gasteiger partial charge is 0.218 e. The fourth-order valence-corrected chi connectivity index (χ4v) is 1.47. The van der Waals surface area contributed by atoms with Gasteiger partial charge in [0.2, 0.25) is 5.95 Å². The molecule has 12 heavy (non-hydrogen) atoms. The zero-order chi connectivity index (χ0) is 8.72. The Balaban J connectivity index is 2.88. The highest BCUT2D eigenvalue weighted by molar-refractivity contribution is 14.1. The molecule has 0 fully saturated rings. The molecule has 2 aromatic heterocycles. The lowest BCUT2D eigenvalue weighted by Gasteiger charge is -1.91. The lowest BCUT2D eigenvalue weighted by Crippen LogP contribution is -1.88. The highest BCUT2D eigenvalue weighted by atomic mass is 127. The third-order valence-electron chi connectivity index (χ3n) is 1.36. The predicted molar refractivity (Wildman–Crippen MR) is 50.7 cm³/mol.